The van der Waals surface area contributed by atoms with Crippen LogP contribution in [0.5, 0.6) is 5.75 Å². The average molecular weight is 657 g/mol. The SMILES string of the molecule is CCC1CCC(C2CCC(C(=O)Oc3ccc(N=Nc4cc5sc(N=Nc6ccc(N(CC)CC)cc6)nc5s4)cc3)CC2)CC1. The highest BCUT2D eigenvalue weighted by molar-refractivity contribution is 7.30. The van der Waals surface area contributed by atoms with Crippen molar-refractivity contribution in [2.24, 2.45) is 44.1 Å². The van der Waals surface area contributed by atoms with Gasteiger partial charge in [0.2, 0.25) is 5.13 Å². The molecule has 0 bridgehead atoms. The van der Waals surface area contributed by atoms with Gasteiger partial charge in [0.25, 0.3) is 0 Å². The lowest BCUT2D eigenvalue weighted by Gasteiger charge is -2.37. The van der Waals surface area contributed by atoms with E-state index in [4.69, 9.17) is 4.74 Å². The summed E-state index contributed by atoms with van der Waals surface area (Å²) < 4.78 is 6.76. The van der Waals surface area contributed by atoms with E-state index in [2.05, 4.69) is 63.2 Å². The lowest BCUT2D eigenvalue weighted by molar-refractivity contribution is -0.140. The highest BCUT2D eigenvalue weighted by Gasteiger charge is 2.33. The number of fused-ring (bicyclic) bond motifs is 1. The molecule has 6 rings (SSSR count). The van der Waals surface area contributed by atoms with Gasteiger partial charge in [-0.1, -0.05) is 48.9 Å². The summed E-state index contributed by atoms with van der Waals surface area (Å²) in [4.78, 5) is 20.7. The molecule has 2 aliphatic carbocycles. The third-order valence-corrected chi connectivity index (χ3v) is 11.8. The predicted molar refractivity (Wildman–Crippen MR) is 189 cm³/mol. The quantitative estimate of drug-likeness (QED) is 0.0912. The zero-order valence-electron chi connectivity index (χ0n) is 27.1. The highest BCUT2D eigenvalue weighted by atomic mass is 32.1. The maximum Gasteiger partial charge on any atom is 0.314 e. The van der Waals surface area contributed by atoms with Gasteiger partial charge in [0.15, 0.2) is 0 Å². The van der Waals surface area contributed by atoms with Crippen molar-refractivity contribution < 1.29 is 9.53 Å². The summed E-state index contributed by atoms with van der Waals surface area (Å²) >= 11 is 2.95. The number of anilines is 1. The topological polar surface area (TPSA) is 91.9 Å². The Hall–Kier alpha value is -3.50. The van der Waals surface area contributed by atoms with Crippen LogP contribution in [0.3, 0.4) is 0 Å². The molecule has 2 fully saturated rings. The fraction of sp³-hybridized carbons (Fsp3) is 0.500. The number of esters is 1. The molecule has 242 valence electrons. The Labute approximate surface area is 280 Å². The number of ether oxygens (including phenoxy) is 1. The van der Waals surface area contributed by atoms with Crippen molar-refractivity contribution in [2.75, 3.05) is 18.0 Å². The van der Waals surface area contributed by atoms with E-state index in [-0.39, 0.29) is 11.9 Å². The fourth-order valence-corrected chi connectivity index (χ4v) is 8.85. The average Bonchev–Trinajstić information content (AvgIpc) is 3.67. The minimum Gasteiger partial charge on any atom is -0.426 e. The molecule has 8 nitrogen and oxygen atoms in total. The number of carbonyl (C=O) groups excluding carboxylic acids is 1. The van der Waals surface area contributed by atoms with Crippen LogP contribution < -0.4 is 9.64 Å². The minimum atomic E-state index is -0.0965. The summed E-state index contributed by atoms with van der Waals surface area (Å²) in [6.45, 7) is 8.57. The number of hydrogen-bond acceptors (Lipinski definition) is 10. The van der Waals surface area contributed by atoms with Gasteiger partial charge in [-0.25, -0.2) is 4.98 Å². The van der Waals surface area contributed by atoms with E-state index in [1.54, 1.807) is 12.1 Å². The second-order valence-corrected chi connectivity index (χ2v) is 14.6. The monoisotopic (exact) mass is 656 g/mol. The number of aromatic nitrogens is 1. The Morgan fingerprint density at radius 3 is 2.00 bits per heavy atom. The maximum absolute atomic E-state index is 12.9. The number of benzene rings is 2. The zero-order valence-corrected chi connectivity index (χ0v) is 28.7. The van der Waals surface area contributed by atoms with Crippen LogP contribution in [0.25, 0.3) is 9.53 Å². The predicted octanol–water partition coefficient (Wildman–Crippen LogP) is 12.0. The summed E-state index contributed by atoms with van der Waals surface area (Å²) in [7, 11) is 0. The zero-order chi connectivity index (χ0) is 31.9. The Bertz CT molecular complexity index is 1590. The number of azo groups is 2. The van der Waals surface area contributed by atoms with Crippen molar-refractivity contribution in [3.8, 4) is 5.75 Å². The number of thiophene rings is 1. The number of nitrogens with zero attached hydrogens (tertiary/aromatic N) is 6. The Balaban J connectivity index is 0.970. The van der Waals surface area contributed by atoms with Crippen molar-refractivity contribution in [2.45, 2.75) is 78.6 Å². The van der Waals surface area contributed by atoms with Gasteiger partial charge in [0.1, 0.15) is 15.6 Å². The molecule has 0 atom stereocenters. The van der Waals surface area contributed by atoms with Gasteiger partial charge >= 0.3 is 5.97 Å². The highest BCUT2D eigenvalue weighted by Crippen LogP contribution is 2.43. The van der Waals surface area contributed by atoms with E-state index in [1.165, 1.54) is 60.5 Å². The standard InChI is InChI=1S/C36H44N6O2S2/c1-4-24-7-9-25(10-8-24)26-11-13-27(14-12-26)35(43)44-31-21-17-29(18-22-31)38-40-33-23-32-34(46-33)37-36(45-32)41-39-28-15-19-30(20-16-28)42(5-2)6-3/h15-27H,4-14H2,1-3H3. The van der Waals surface area contributed by atoms with Crippen LogP contribution in [0.2, 0.25) is 0 Å². The van der Waals surface area contributed by atoms with Crippen molar-refractivity contribution in [3.05, 3.63) is 54.6 Å². The summed E-state index contributed by atoms with van der Waals surface area (Å²) in [6, 6.07) is 17.3. The molecule has 4 aromatic rings. The van der Waals surface area contributed by atoms with E-state index in [0.717, 1.165) is 76.7 Å². The van der Waals surface area contributed by atoms with Crippen LogP contribution in [0.1, 0.15) is 78.6 Å². The molecule has 2 heterocycles. The van der Waals surface area contributed by atoms with E-state index in [9.17, 15) is 4.79 Å². The largest absolute Gasteiger partial charge is 0.426 e. The van der Waals surface area contributed by atoms with E-state index < -0.39 is 0 Å². The Morgan fingerprint density at radius 1 is 0.783 bits per heavy atom. The maximum atomic E-state index is 12.9. The first-order chi connectivity index (χ1) is 22.5. The number of thiazole rings is 1. The summed E-state index contributed by atoms with van der Waals surface area (Å²) in [6.07, 6.45) is 11.1. The molecule has 2 aromatic heterocycles. The Morgan fingerprint density at radius 2 is 1.39 bits per heavy atom. The van der Waals surface area contributed by atoms with Crippen LogP contribution in [-0.2, 0) is 4.79 Å². The van der Waals surface area contributed by atoms with E-state index >= 15 is 0 Å². The van der Waals surface area contributed by atoms with Gasteiger partial charge in [-0.3, -0.25) is 4.79 Å². The molecule has 0 unspecified atom stereocenters. The van der Waals surface area contributed by atoms with Crippen LogP contribution in [0.15, 0.2) is 75.1 Å². The van der Waals surface area contributed by atoms with E-state index in [0.29, 0.717) is 16.6 Å². The second-order valence-electron chi connectivity index (χ2n) is 12.6. The molecule has 46 heavy (non-hydrogen) atoms. The molecular weight excluding hydrogens is 613 g/mol. The fourth-order valence-electron chi connectivity index (χ4n) is 7.00. The van der Waals surface area contributed by atoms with Crippen molar-refractivity contribution in [1.29, 1.82) is 0 Å². The van der Waals surface area contributed by atoms with Crippen LogP contribution in [-0.4, -0.2) is 24.0 Å². The molecule has 0 spiro atoms. The first kappa shape index (κ1) is 32.4. The first-order valence-corrected chi connectivity index (χ1v) is 18.5. The molecule has 2 aromatic carbocycles. The summed E-state index contributed by atoms with van der Waals surface area (Å²) in [5.41, 5.74) is 2.68. The van der Waals surface area contributed by atoms with Crippen LogP contribution in [0, 0.1) is 23.7 Å². The molecule has 0 radical (unpaired) electrons. The molecular formula is C36H44N6O2S2. The van der Waals surface area contributed by atoms with Gasteiger partial charge in [-0.2, -0.15) is 0 Å². The first-order valence-electron chi connectivity index (χ1n) is 16.9. The molecule has 2 saturated carbocycles. The molecule has 2 aliphatic rings. The number of hydrogen-bond donors (Lipinski definition) is 0. The molecule has 0 N–H and O–H groups in total. The second kappa shape index (κ2) is 15.4. The summed E-state index contributed by atoms with van der Waals surface area (Å²) in [5.74, 6) is 3.07. The third-order valence-electron chi connectivity index (χ3n) is 9.85. The van der Waals surface area contributed by atoms with Gasteiger partial charge in [-0.15, -0.1) is 20.5 Å². The molecule has 0 amide bonds. The van der Waals surface area contributed by atoms with Gasteiger partial charge in [0.05, 0.1) is 22.0 Å². The molecule has 0 aliphatic heterocycles. The van der Waals surface area contributed by atoms with Crippen LogP contribution in [0.4, 0.5) is 27.2 Å². The molecule has 0 saturated heterocycles. The van der Waals surface area contributed by atoms with Crippen LogP contribution >= 0.6 is 22.7 Å². The Kier molecular flexibility index (Phi) is 10.9. The van der Waals surface area contributed by atoms with Gasteiger partial charge < -0.3 is 9.64 Å². The molecule has 10 heteroatoms. The normalized spacial score (nSPS) is 22.2. The van der Waals surface area contributed by atoms with Crippen molar-refractivity contribution in [3.63, 3.8) is 0 Å². The lowest BCUT2D eigenvalue weighted by atomic mass is 9.69. The van der Waals surface area contributed by atoms with Gasteiger partial charge in [0, 0.05) is 18.8 Å². The van der Waals surface area contributed by atoms with E-state index in [1.807, 2.05) is 30.3 Å². The number of carbonyl (C=O) groups is 1. The smallest absolute Gasteiger partial charge is 0.314 e. The lowest BCUT2D eigenvalue weighted by Crippen LogP contribution is -2.30. The summed E-state index contributed by atoms with van der Waals surface area (Å²) in [5, 5.41) is 18.9. The van der Waals surface area contributed by atoms with Crippen molar-refractivity contribution >= 4 is 65.4 Å². The third kappa shape index (κ3) is 8.07. The minimum absolute atomic E-state index is 0.00929. The van der Waals surface area contributed by atoms with Gasteiger partial charge in [-0.05, 0) is 125 Å². The number of rotatable bonds is 11. The van der Waals surface area contributed by atoms with Crippen molar-refractivity contribution in [1.82, 2.24) is 4.98 Å².